The van der Waals surface area contributed by atoms with Crippen LogP contribution in [0.25, 0.3) is 0 Å². The second-order valence-electron chi connectivity index (χ2n) is 3.75. The highest BCUT2D eigenvalue weighted by molar-refractivity contribution is 6.20. The molecule has 0 fully saturated rings. The van der Waals surface area contributed by atoms with Crippen LogP contribution < -0.4 is 0 Å². The zero-order valence-electron chi connectivity index (χ0n) is 8.60. The van der Waals surface area contributed by atoms with Gasteiger partial charge in [-0.05, 0) is 19.1 Å². The number of allylic oxidation sites excluding steroid dienone is 2. The van der Waals surface area contributed by atoms with Crippen molar-refractivity contribution in [2.45, 2.75) is 25.7 Å². The Balaban J connectivity index is 2.41. The molecule has 0 spiro atoms. The highest BCUT2D eigenvalue weighted by Crippen LogP contribution is 2.29. The van der Waals surface area contributed by atoms with Gasteiger partial charge in [0.2, 0.25) is 0 Å². The molecule has 0 amide bonds. The van der Waals surface area contributed by atoms with Crippen molar-refractivity contribution in [2.75, 3.05) is 0 Å². The van der Waals surface area contributed by atoms with E-state index < -0.39 is 18.2 Å². The third kappa shape index (κ3) is 1.64. The SMILES string of the molecule is CC(=O)C1CC2=C(C(=O)C=CC2=O)C(O)O1. The number of hydrogen-bond donors (Lipinski definition) is 1. The van der Waals surface area contributed by atoms with Gasteiger partial charge in [-0.25, -0.2) is 0 Å². The van der Waals surface area contributed by atoms with E-state index in [9.17, 15) is 19.5 Å². The standard InChI is InChI=1S/C11H10O5/c1-5(12)9-4-6-7(13)2-3-8(14)10(6)11(15)16-9/h2-3,9,11,15H,4H2,1H3. The van der Waals surface area contributed by atoms with E-state index in [0.717, 1.165) is 12.2 Å². The van der Waals surface area contributed by atoms with Crippen LogP contribution in [0, 0.1) is 0 Å². The molecule has 0 aromatic carbocycles. The largest absolute Gasteiger partial charge is 0.364 e. The van der Waals surface area contributed by atoms with Crippen LogP contribution >= 0.6 is 0 Å². The molecule has 2 unspecified atom stereocenters. The summed E-state index contributed by atoms with van der Waals surface area (Å²) in [6.45, 7) is 1.31. The first-order chi connectivity index (χ1) is 7.50. The van der Waals surface area contributed by atoms with Gasteiger partial charge in [0.1, 0.15) is 6.10 Å². The fourth-order valence-electron chi connectivity index (χ4n) is 1.80. The van der Waals surface area contributed by atoms with E-state index in [1.807, 2.05) is 0 Å². The van der Waals surface area contributed by atoms with Gasteiger partial charge in [0, 0.05) is 12.0 Å². The molecule has 2 atom stereocenters. The van der Waals surface area contributed by atoms with Crippen LogP contribution in [0.4, 0.5) is 0 Å². The number of rotatable bonds is 1. The van der Waals surface area contributed by atoms with Gasteiger partial charge in [0.25, 0.3) is 0 Å². The van der Waals surface area contributed by atoms with Crippen LogP contribution in [0.5, 0.6) is 0 Å². The highest BCUT2D eigenvalue weighted by atomic mass is 16.6. The summed E-state index contributed by atoms with van der Waals surface area (Å²) in [5.41, 5.74) is 0.149. The fraction of sp³-hybridized carbons (Fsp3) is 0.364. The Labute approximate surface area is 91.4 Å². The number of aliphatic hydroxyl groups excluding tert-OH is 1. The summed E-state index contributed by atoms with van der Waals surface area (Å²) in [7, 11) is 0. The number of ether oxygens (including phenoxy) is 1. The number of hydrogen-bond acceptors (Lipinski definition) is 5. The van der Waals surface area contributed by atoms with E-state index in [4.69, 9.17) is 4.74 Å². The maximum Gasteiger partial charge on any atom is 0.187 e. The van der Waals surface area contributed by atoms with Crippen molar-refractivity contribution >= 4 is 17.3 Å². The lowest BCUT2D eigenvalue weighted by Gasteiger charge is -2.29. The average molecular weight is 222 g/mol. The quantitative estimate of drug-likeness (QED) is 0.615. The van der Waals surface area contributed by atoms with Crippen molar-refractivity contribution in [3.05, 3.63) is 23.3 Å². The lowest BCUT2D eigenvalue weighted by atomic mass is 9.87. The second kappa shape index (κ2) is 3.77. The zero-order valence-corrected chi connectivity index (χ0v) is 8.60. The van der Waals surface area contributed by atoms with E-state index in [0.29, 0.717) is 0 Å². The van der Waals surface area contributed by atoms with Crippen LogP contribution in [-0.2, 0) is 19.1 Å². The van der Waals surface area contributed by atoms with Crippen LogP contribution in [0.1, 0.15) is 13.3 Å². The van der Waals surface area contributed by atoms with Gasteiger partial charge in [-0.15, -0.1) is 0 Å². The average Bonchev–Trinajstić information content (AvgIpc) is 2.22. The van der Waals surface area contributed by atoms with Crippen molar-refractivity contribution < 1.29 is 24.2 Å². The molecular formula is C11H10O5. The fourth-order valence-corrected chi connectivity index (χ4v) is 1.80. The van der Waals surface area contributed by atoms with Crippen LogP contribution in [0.2, 0.25) is 0 Å². The molecule has 0 radical (unpaired) electrons. The molecule has 5 heteroatoms. The molecule has 2 aliphatic rings. The summed E-state index contributed by atoms with van der Waals surface area (Å²) in [6.07, 6.45) is -0.0365. The minimum Gasteiger partial charge on any atom is -0.364 e. The predicted octanol–water partition coefficient (Wildman–Crippen LogP) is -0.313. The maximum atomic E-state index is 11.5. The minimum atomic E-state index is -1.49. The second-order valence-corrected chi connectivity index (χ2v) is 3.75. The molecule has 84 valence electrons. The minimum absolute atomic E-state index is 0.0370. The van der Waals surface area contributed by atoms with Crippen LogP contribution in [0.3, 0.4) is 0 Å². The van der Waals surface area contributed by atoms with Gasteiger partial charge in [0.15, 0.2) is 23.6 Å². The Morgan fingerprint density at radius 3 is 2.62 bits per heavy atom. The first-order valence-electron chi connectivity index (χ1n) is 4.84. The molecule has 1 aliphatic carbocycles. The molecular weight excluding hydrogens is 212 g/mol. The zero-order chi connectivity index (χ0) is 11.9. The normalized spacial score (nSPS) is 29.4. The third-order valence-electron chi connectivity index (χ3n) is 2.66. The Morgan fingerprint density at radius 1 is 1.38 bits per heavy atom. The molecule has 16 heavy (non-hydrogen) atoms. The number of Topliss-reactive ketones (excluding diaryl/α,β-unsaturated/α-hetero) is 1. The monoisotopic (exact) mass is 222 g/mol. The topological polar surface area (TPSA) is 80.7 Å². The van der Waals surface area contributed by atoms with Crippen molar-refractivity contribution in [1.82, 2.24) is 0 Å². The Hall–Kier alpha value is -1.59. The molecule has 5 nitrogen and oxygen atoms in total. The molecule has 1 aliphatic heterocycles. The summed E-state index contributed by atoms with van der Waals surface area (Å²) >= 11 is 0. The first kappa shape index (κ1) is 10.9. The molecule has 1 heterocycles. The van der Waals surface area contributed by atoms with E-state index >= 15 is 0 Å². The van der Waals surface area contributed by atoms with Crippen molar-refractivity contribution in [3.63, 3.8) is 0 Å². The Bertz CT molecular complexity index is 443. The van der Waals surface area contributed by atoms with E-state index in [2.05, 4.69) is 0 Å². The molecule has 0 saturated heterocycles. The molecule has 0 aromatic rings. The number of carbonyl (C=O) groups excluding carboxylic acids is 3. The Morgan fingerprint density at radius 2 is 2.00 bits per heavy atom. The summed E-state index contributed by atoms with van der Waals surface area (Å²) < 4.78 is 4.98. The van der Waals surface area contributed by atoms with Gasteiger partial charge in [-0.1, -0.05) is 0 Å². The van der Waals surface area contributed by atoms with Crippen LogP contribution in [0.15, 0.2) is 23.3 Å². The van der Waals surface area contributed by atoms with Gasteiger partial charge >= 0.3 is 0 Å². The number of ketones is 3. The van der Waals surface area contributed by atoms with Gasteiger partial charge in [-0.2, -0.15) is 0 Å². The lowest BCUT2D eigenvalue weighted by Crippen LogP contribution is -2.39. The van der Waals surface area contributed by atoms with Gasteiger partial charge in [0.05, 0.1) is 5.57 Å². The lowest BCUT2D eigenvalue weighted by molar-refractivity contribution is -0.155. The molecule has 0 saturated carbocycles. The smallest absolute Gasteiger partial charge is 0.187 e. The van der Waals surface area contributed by atoms with Gasteiger partial charge < -0.3 is 9.84 Å². The van der Waals surface area contributed by atoms with E-state index in [1.165, 1.54) is 6.92 Å². The van der Waals surface area contributed by atoms with E-state index in [-0.39, 0.29) is 29.1 Å². The summed E-state index contributed by atoms with van der Waals surface area (Å²) in [6, 6.07) is 0. The predicted molar refractivity (Wildman–Crippen MR) is 52.4 cm³/mol. The third-order valence-corrected chi connectivity index (χ3v) is 2.66. The maximum absolute atomic E-state index is 11.5. The van der Waals surface area contributed by atoms with Crippen LogP contribution in [-0.4, -0.2) is 34.9 Å². The molecule has 0 bridgehead atoms. The molecule has 2 rings (SSSR count). The van der Waals surface area contributed by atoms with Crippen molar-refractivity contribution in [1.29, 1.82) is 0 Å². The summed E-state index contributed by atoms with van der Waals surface area (Å²) in [4.78, 5) is 34.1. The molecule has 0 aromatic heterocycles. The number of aliphatic hydroxyl groups is 1. The Kier molecular flexibility index (Phi) is 2.57. The summed E-state index contributed by atoms with van der Waals surface area (Å²) in [5.74, 6) is -1.06. The van der Waals surface area contributed by atoms with Gasteiger partial charge in [-0.3, -0.25) is 14.4 Å². The molecule has 1 N–H and O–H groups in total. The summed E-state index contributed by atoms with van der Waals surface area (Å²) in [5, 5.41) is 9.57. The number of carbonyl (C=O) groups is 3. The highest BCUT2D eigenvalue weighted by Gasteiger charge is 2.37. The van der Waals surface area contributed by atoms with Crippen molar-refractivity contribution in [3.8, 4) is 0 Å². The first-order valence-corrected chi connectivity index (χ1v) is 4.84. The van der Waals surface area contributed by atoms with Crippen molar-refractivity contribution in [2.24, 2.45) is 0 Å². The van der Waals surface area contributed by atoms with E-state index in [1.54, 1.807) is 0 Å².